The number of hydrogen-bond acceptors (Lipinski definition) is 7. The number of fused-ring (bicyclic) bond motifs is 1. The molecule has 1 aromatic heterocycles. The van der Waals surface area contributed by atoms with Crippen LogP contribution in [0.15, 0.2) is 35.1 Å². The highest BCUT2D eigenvalue weighted by molar-refractivity contribution is 5.93. The van der Waals surface area contributed by atoms with E-state index >= 15 is 0 Å². The maximum Gasteiger partial charge on any atom is 0.287 e. The zero-order valence-electron chi connectivity index (χ0n) is 20.9. The molecule has 1 fully saturated rings. The summed E-state index contributed by atoms with van der Waals surface area (Å²) in [6, 6.07) is 6.52. The molecule has 2 unspecified atom stereocenters. The summed E-state index contributed by atoms with van der Waals surface area (Å²) in [5.74, 6) is -2.54. The van der Waals surface area contributed by atoms with Crippen LogP contribution in [-0.4, -0.2) is 54.3 Å². The van der Waals surface area contributed by atoms with E-state index in [9.17, 15) is 23.2 Å². The highest BCUT2D eigenvalue weighted by Crippen LogP contribution is 2.26. The van der Waals surface area contributed by atoms with Gasteiger partial charge in [0.05, 0.1) is 38.0 Å². The monoisotopic (exact) mass is 530 g/mol. The third-order valence-corrected chi connectivity index (χ3v) is 6.13. The fraction of sp³-hybridized carbons (Fsp3) is 0.385. The molecule has 0 bridgehead atoms. The minimum Gasteiger partial charge on any atom is -0.494 e. The number of rotatable bonds is 9. The molecule has 1 aliphatic heterocycles. The van der Waals surface area contributed by atoms with Gasteiger partial charge in [0.2, 0.25) is 5.91 Å². The van der Waals surface area contributed by atoms with Crippen molar-refractivity contribution >= 4 is 22.7 Å². The zero-order chi connectivity index (χ0) is 27.2. The van der Waals surface area contributed by atoms with E-state index in [4.69, 9.17) is 14.2 Å². The minimum absolute atomic E-state index is 0.0315. The summed E-state index contributed by atoms with van der Waals surface area (Å²) in [5, 5.41) is 5.30. The SMILES string of the molecule is COc1cc(CNC(=O)c2nc3ccc(F)c(OCCC4CCC(NC(C)=O)CO4)c3c(=O)[nH]2)ccc1F. The van der Waals surface area contributed by atoms with Gasteiger partial charge in [-0.05, 0) is 42.7 Å². The molecule has 38 heavy (non-hydrogen) atoms. The largest absolute Gasteiger partial charge is 0.494 e. The molecule has 1 saturated heterocycles. The molecule has 0 aliphatic carbocycles. The Bertz CT molecular complexity index is 1390. The van der Waals surface area contributed by atoms with Gasteiger partial charge in [-0.1, -0.05) is 6.07 Å². The van der Waals surface area contributed by atoms with E-state index in [0.29, 0.717) is 25.0 Å². The molecular formula is C26H28F2N4O6. The Morgan fingerprint density at radius 3 is 2.68 bits per heavy atom. The quantitative estimate of drug-likeness (QED) is 0.388. The van der Waals surface area contributed by atoms with E-state index in [1.54, 1.807) is 0 Å². The highest BCUT2D eigenvalue weighted by atomic mass is 19.1. The van der Waals surface area contributed by atoms with Crippen molar-refractivity contribution in [3.8, 4) is 11.5 Å². The molecule has 0 radical (unpaired) electrons. The second-order valence-electron chi connectivity index (χ2n) is 8.90. The van der Waals surface area contributed by atoms with Crippen LogP contribution in [0.4, 0.5) is 8.78 Å². The highest BCUT2D eigenvalue weighted by Gasteiger charge is 2.23. The minimum atomic E-state index is -0.734. The van der Waals surface area contributed by atoms with Gasteiger partial charge >= 0.3 is 0 Å². The van der Waals surface area contributed by atoms with Crippen LogP contribution >= 0.6 is 0 Å². The Kier molecular flexibility index (Phi) is 8.52. The van der Waals surface area contributed by atoms with Crippen molar-refractivity contribution in [3.05, 3.63) is 63.7 Å². The number of carbonyl (C=O) groups excluding carboxylic acids is 2. The fourth-order valence-electron chi connectivity index (χ4n) is 4.23. The lowest BCUT2D eigenvalue weighted by atomic mass is 10.0. The average molecular weight is 531 g/mol. The van der Waals surface area contributed by atoms with Crippen molar-refractivity contribution in [2.45, 2.75) is 44.9 Å². The standard InChI is InChI=1S/C26H28F2N4O6/c1-14(33)30-16-4-5-17(38-13-16)9-10-37-23-19(28)7-8-20-22(23)25(34)32-24(31-20)26(35)29-12-15-3-6-18(27)21(11-15)36-2/h3,6-8,11,16-17H,4-5,9-10,12-13H2,1-2H3,(H,29,35)(H,30,33)(H,31,32,34). The van der Waals surface area contributed by atoms with Gasteiger partial charge in [0.15, 0.2) is 29.0 Å². The molecular weight excluding hydrogens is 502 g/mol. The Morgan fingerprint density at radius 2 is 1.97 bits per heavy atom. The lowest BCUT2D eigenvalue weighted by Gasteiger charge is -2.29. The maximum absolute atomic E-state index is 14.6. The predicted molar refractivity (Wildman–Crippen MR) is 133 cm³/mol. The van der Waals surface area contributed by atoms with Gasteiger partial charge in [0.25, 0.3) is 11.5 Å². The first kappa shape index (κ1) is 27.0. The van der Waals surface area contributed by atoms with Crippen molar-refractivity contribution in [1.29, 1.82) is 0 Å². The summed E-state index contributed by atoms with van der Waals surface area (Å²) >= 11 is 0. The van der Waals surface area contributed by atoms with E-state index in [-0.39, 0.29) is 59.4 Å². The number of aromatic amines is 1. The first-order valence-corrected chi connectivity index (χ1v) is 12.1. The summed E-state index contributed by atoms with van der Waals surface area (Å²) in [6.45, 7) is 1.96. The van der Waals surface area contributed by atoms with Crippen LogP contribution in [0, 0.1) is 11.6 Å². The van der Waals surface area contributed by atoms with Crippen LogP contribution in [0.1, 0.15) is 42.4 Å². The molecule has 1 aliphatic rings. The first-order valence-electron chi connectivity index (χ1n) is 12.1. The van der Waals surface area contributed by atoms with Crippen molar-refractivity contribution < 1.29 is 32.6 Å². The number of hydrogen-bond donors (Lipinski definition) is 3. The maximum atomic E-state index is 14.6. The normalized spacial score (nSPS) is 17.2. The Balaban J connectivity index is 1.41. The first-order chi connectivity index (χ1) is 18.2. The summed E-state index contributed by atoms with van der Waals surface area (Å²) in [4.78, 5) is 43.2. The molecule has 0 saturated carbocycles. The molecule has 4 rings (SSSR count). The fourth-order valence-corrected chi connectivity index (χ4v) is 4.23. The molecule has 3 N–H and O–H groups in total. The average Bonchev–Trinajstić information content (AvgIpc) is 2.89. The number of nitrogens with zero attached hydrogens (tertiary/aromatic N) is 1. The number of H-pyrrole nitrogens is 1. The summed E-state index contributed by atoms with van der Waals surface area (Å²) < 4.78 is 44.5. The molecule has 202 valence electrons. The number of ether oxygens (including phenoxy) is 3. The number of carbonyl (C=O) groups is 2. The van der Waals surface area contributed by atoms with Gasteiger partial charge in [-0.15, -0.1) is 0 Å². The lowest BCUT2D eigenvalue weighted by molar-refractivity contribution is -0.121. The molecule has 2 heterocycles. The second kappa shape index (κ2) is 12.0. The number of amides is 2. The Labute approximate surface area is 216 Å². The lowest BCUT2D eigenvalue weighted by Crippen LogP contribution is -2.42. The van der Waals surface area contributed by atoms with Crippen LogP contribution in [-0.2, 0) is 16.1 Å². The summed E-state index contributed by atoms with van der Waals surface area (Å²) in [7, 11) is 1.33. The third kappa shape index (κ3) is 6.43. The number of benzene rings is 2. The molecule has 2 atom stereocenters. The van der Waals surface area contributed by atoms with Crippen molar-refractivity contribution in [3.63, 3.8) is 0 Å². The van der Waals surface area contributed by atoms with Gasteiger partial charge in [-0.25, -0.2) is 13.8 Å². The molecule has 12 heteroatoms. The van der Waals surface area contributed by atoms with Crippen molar-refractivity contribution in [2.75, 3.05) is 20.3 Å². The zero-order valence-corrected chi connectivity index (χ0v) is 20.9. The summed E-state index contributed by atoms with van der Waals surface area (Å²) in [6.07, 6.45) is 1.81. The van der Waals surface area contributed by atoms with Crippen LogP contribution in [0.2, 0.25) is 0 Å². The van der Waals surface area contributed by atoms with E-state index in [2.05, 4.69) is 20.6 Å². The van der Waals surface area contributed by atoms with Crippen LogP contribution in [0.25, 0.3) is 10.9 Å². The van der Waals surface area contributed by atoms with Crippen LogP contribution in [0.3, 0.4) is 0 Å². The van der Waals surface area contributed by atoms with Gasteiger partial charge in [0, 0.05) is 19.9 Å². The number of aromatic nitrogens is 2. The van der Waals surface area contributed by atoms with Gasteiger partial charge in [-0.3, -0.25) is 14.4 Å². The Morgan fingerprint density at radius 1 is 1.18 bits per heavy atom. The van der Waals surface area contributed by atoms with E-state index in [1.165, 1.54) is 38.3 Å². The van der Waals surface area contributed by atoms with Crippen molar-refractivity contribution in [2.24, 2.45) is 0 Å². The van der Waals surface area contributed by atoms with Gasteiger partial charge < -0.3 is 29.8 Å². The third-order valence-electron chi connectivity index (χ3n) is 6.13. The predicted octanol–water partition coefficient (Wildman–Crippen LogP) is 2.59. The van der Waals surface area contributed by atoms with Crippen molar-refractivity contribution in [1.82, 2.24) is 20.6 Å². The number of methoxy groups -OCH3 is 1. The van der Waals surface area contributed by atoms with E-state index < -0.39 is 23.1 Å². The Hall–Kier alpha value is -4.06. The number of halogens is 2. The number of nitrogens with one attached hydrogen (secondary N) is 3. The molecule has 10 nitrogen and oxygen atoms in total. The van der Waals surface area contributed by atoms with Crippen LogP contribution in [0.5, 0.6) is 11.5 Å². The topological polar surface area (TPSA) is 132 Å². The molecule has 3 aromatic rings. The smallest absolute Gasteiger partial charge is 0.287 e. The van der Waals surface area contributed by atoms with Crippen LogP contribution < -0.4 is 25.7 Å². The van der Waals surface area contributed by atoms with E-state index in [1.807, 2.05) is 0 Å². The van der Waals surface area contributed by atoms with Gasteiger partial charge in [0.1, 0.15) is 5.39 Å². The van der Waals surface area contributed by atoms with Gasteiger partial charge in [-0.2, -0.15) is 0 Å². The second-order valence-corrected chi connectivity index (χ2v) is 8.90. The van der Waals surface area contributed by atoms with E-state index in [0.717, 1.165) is 12.5 Å². The molecule has 2 amide bonds. The molecule has 2 aromatic carbocycles. The summed E-state index contributed by atoms with van der Waals surface area (Å²) in [5.41, 5.74) is -0.0685. The molecule has 0 spiro atoms.